The number of phenolic OH excluding ortho intramolecular Hbond substituents is 1. The van der Waals surface area contributed by atoms with Gasteiger partial charge in [-0.05, 0) is 32.0 Å². The third kappa shape index (κ3) is 4.43. The Labute approximate surface area is 188 Å². The third-order valence-electron chi connectivity index (χ3n) is 5.65. The first-order valence-electron chi connectivity index (χ1n) is 10.5. The maximum Gasteiger partial charge on any atom is 0.450 e. The highest BCUT2D eigenvalue weighted by molar-refractivity contribution is 5.87. The molecule has 4 rings (SSSR count). The fourth-order valence-electron chi connectivity index (χ4n) is 4.39. The molecular formula is C24H24F3NO5. The van der Waals surface area contributed by atoms with Gasteiger partial charge in [0.05, 0.1) is 35.8 Å². The molecule has 0 spiro atoms. The standard InChI is InChI=1S/C24H24F3NO5/c1-13-10-28(11-14(2)32-13)12-17-18(29)9-8-16-21(30)20(15-6-4-5-7-19(15)31-3)23(24(25,26)27)33-22(16)17/h4-9,13-14,29H,10-12H2,1-3H3/t13-,14-/m0/s1. The Hall–Kier alpha value is -3.04. The number of ether oxygens (including phenoxy) is 2. The van der Waals surface area contributed by atoms with Gasteiger partial charge >= 0.3 is 6.18 Å². The van der Waals surface area contributed by atoms with E-state index in [9.17, 15) is 23.1 Å². The molecule has 1 saturated heterocycles. The van der Waals surface area contributed by atoms with Crippen molar-refractivity contribution in [1.82, 2.24) is 4.90 Å². The van der Waals surface area contributed by atoms with Crippen molar-refractivity contribution >= 4 is 11.0 Å². The fourth-order valence-corrected chi connectivity index (χ4v) is 4.39. The summed E-state index contributed by atoms with van der Waals surface area (Å²) in [5, 5.41) is 10.5. The quantitative estimate of drug-likeness (QED) is 0.599. The second kappa shape index (κ2) is 8.72. The maximum atomic E-state index is 14.1. The first-order valence-corrected chi connectivity index (χ1v) is 10.5. The van der Waals surface area contributed by atoms with Crippen LogP contribution in [0.3, 0.4) is 0 Å². The second-order valence-corrected chi connectivity index (χ2v) is 8.22. The predicted molar refractivity (Wildman–Crippen MR) is 116 cm³/mol. The number of hydrogen-bond acceptors (Lipinski definition) is 6. The van der Waals surface area contributed by atoms with Gasteiger partial charge < -0.3 is 19.0 Å². The van der Waals surface area contributed by atoms with Crippen LogP contribution in [0, 0.1) is 0 Å². The Morgan fingerprint density at radius 1 is 1.12 bits per heavy atom. The molecule has 1 N–H and O–H groups in total. The summed E-state index contributed by atoms with van der Waals surface area (Å²) in [5.74, 6) is -1.55. The van der Waals surface area contributed by atoms with Crippen LogP contribution >= 0.6 is 0 Å². The van der Waals surface area contributed by atoms with Gasteiger partial charge in [-0.2, -0.15) is 13.2 Å². The van der Waals surface area contributed by atoms with Gasteiger partial charge in [-0.3, -0.25) is 9.69 Å². The van der Waals surface area contributed by atoms with Gasteiger partial charge in [-0.1, -0.05) is 18.2 Å². The number of phenols is 1. The Bertz CT molecular complexity index is 1230. The molecule has 1 aliphatic rings. The average molecular weight is 463 g/mol. The van der Waals surface area contributed by atoms with Crippen molar-refractivity contribution in [2.75, 3.05) is 20.2 Å². The highest BCUT2D eigenvalue weighted by Crippen LogP contribution is 2.41. The molecule has 0 aliphatic carbocycles. The van der Waals surface area contributed by atoms with Crippen LogP contribution < -0.4 is 10.2 Å². The number of benzene rings is 2. The van der Waals surface area contributed by atoms with Gasteiger partial charge in [0.1, 0.15) is 17.1 Å². The zero-order chi connectivity index (χ0) is 23.9. The maximum absolute atomic E-state index is 14.1. The van der Waals surface area contributed by atoms with Gasteiger partial charge in [0.25, 0.3) is 0 Å². The molecule has 0 unspecified atom stereocenters. The first kappa shape index (κ1) is 23.1. The number of alkyl halides is 3. The van der Waals surface area contributed by atoms with E-state index >= 15 is 0 Å². The van der Waals surface area contributed by atoms with Crippen LogP contribution in [-0.2, 0) is 17.5 Å². The van der Waals surface area contributed by atoms with E-state index in [2.05, 4.69) is 0 Å². The summed E-state index contributed by atoms with van der Waals surface area (Å²) in [4.78, 5) is 15.3. The Kier molecular flexibility index (Phi) is 6.11. The molecule has 2 aromatic carbocycles. The van der Waals surface area contributed by atoms with Crippen LogP contribution in [0.5, 0.6) is 11.5 Å². The molecule has 2 atom stereocenters. The predicted octanol–water partition coefficient (Wildman–Crippen LogP) is 4.80. The van der Waals surface area contributed by atoms with E-state index < -0.39 is 22.9 Å². The smallest absolute Gasteiger partial charge is 0.450 e. The Morgan fingerprint density at radius 3 is 2.42 bits per heavy atom. The van der Waals surface area contributed by atoms with Crippen molar-refractivity contribution in [3.8, 4) is 22.6 Å². The summed E-state index contributed by atoms with van der Waals surface area (Å²) >= 11 is 0. The molecule has 0 bridgehead atoms. The number of methoxy groups -OCH3 is 1. The van der Waals surface area contributed by atoms with Gasteiger partial charge in [-0.25, -0.2) is 0 Å². The van der Waals surface area contributed by atoms with Crippen LogP contribution in [0.15, 0.2) is 45.6 Å². The number of para-hydroxylation sites is 1. The number of nitrogens with zero attached hydrogens (tertiary/aromatic N) is 1. The lowest BCUT2D eigenvalue weighted by molar-refractivity contribution is -0.152. The molecule has 3 aromatic rings. The van der Waals surface area contributed by atoms with Crippen LogP contribution in [0.4, 0.5) is 13.2 Å². The van der Waals surface area contributed by atoms with Crippen LogP contribution in [0.2, 0.25) is 0 Å². The number of fused-ring (bicyclic) bond motifs is 1. The van der Waals surface area contributed by atoms with Gasteiger partial charge in [0.2, 0.25) is 11.2 Å². The van der Waals surface area contributed by atoms with Crippen molar-refractivity contribution in [3.05, 3.63) is 57.9 Å². The lowest BCUT2D eigenvalue weighted by Gasteiger charge is -2.35. The molecular weight excluding hydrogens is 439 g/mol. The van der Waals surface area contributed by atoms with Crippen LogP contribution in [-0.4, -0.2) is 42.4 Å². The van der Waals surface area contributed by atoms with E-state index in [1.54, 1.807) is 6.07 Å². The molecule has 1 fully saturated rings. The lowest BCUT2D eigenvalue weighted by Crippen LogP contribution is -2.44. The summed E-state index contributed by atoms with van der Waals surface area (Å²) in [6.45, 7) is 4.95. The molecule has 0 amide bonds. The second-order valence-electron chi connectivity index (χ2n) is 8.22. The van der Waals surface area contributed by atoms with Crippen molar-refractivity contribution in [2.45, 2.75) is 38.8 Å². The minimum Gasteiger partial charge on any atom is -0.507 e. The third-order valence-corrected chi connectivity index (χ3v) is 5.65. The summed E-state index contributed by atoms with van der Waals surface area (Å²) in [6.07, 6.45) is -5.12. The summed E-state index contributed by atoms with van der Waals surface area (Å²) in [7, 11) is 1.31. The van der Waals surface area contributed by atoms with E-state index in [0.29, 0.717) is 13.1 Å². The largest absolute Gasteiger partial charge is 0.507 e. The molecule has 9 heteroatoms. The molecule has 2 heterocycles. The molecule has 0 saturated carbocycles. The molecule has 176 valence electrons. The molecule has 6 nitrogen and oxygen atoms in total. The molecule has 1 aromatic heterocycles. The number of halogens is 3. The van der Waals surface area contributed by atoms with Gasteiger partial charge in [0.15, 0.2) is 0 Å². The van der Waals surface area contributed by atoms with E-state index in [1.807, 2.05) is 18.7 Å². The van der Waals surface area contributed by atoms with E-state index in [1.165, 1.54) is 37.4 Å². The molecule has 33 heavy (non-hydrogen) atoms. The Balaban J connectivity index is 1.96. The zero-order valence-electron chi connectivity index (χ0n) is 18.4. The highest BCUT2D eigenvalue weighted by Gasteiger charge is 2.40. The van der Waals surface area contributed by atoms with Gasteiger partial charge in [-0.15, -0.1) is 0 Å². The van der Waals surface area contributed by atoms with E-state index in [-0.39, 0.29) is 52.3 Å². The topological polar surface area (TPSA) is 72.1 Å². The van der Waals surface area contributed by atoms with E-state index in [0.717, 1.165) is 0 Å². The summed E-state index contributed by atoms with van der Waals surface area (Å²) in [5.41, 5.74) is -1.65. The zero-order valence-corrected chi connectivity index (χ0v) is 18.4. The van der Waals surface area contributed by atoms with E-state index in [4.69, 9.17) is 13.9 Å². The number of rotatable bonds is 4. The van der Waals surface area contributed by atoms with Crippen molar-refractivity contribution < 1.29 is 32.2 Å². The fraction of sp³-hybridized carbons (Fsp3) is 0.375. The summed E-state index contributed by atoms with van der Waals surface area (Å²) < 4.78 is 58.6. The van der Waals surface area contributed by atoms with Crippen molar-refractivity contribution in [3.63, 3.8) is 0 Å². The minimum absolute atomic E-state index is 0.0200. The number of hydrogen-bond donors (Lipinski definition) is 1. The monoisotopic (exact) mass is 463 g/mol. The lowest BCUT2D eigenvalue weighted by atomic mass is 9.99. The summed E-state index contributed by atoms with van der Waals surface area (Å²) in [6, 6.07) is 8.56. The minimum atomic E-state index is -4.95. The van der Waals surface area contributed by atoms with Crippen LogP contribution in [0.25, 0.3) is 22.1 Å². The normalized spacial score (nSPS) is 19.7. The average Bonchev–Trinajstić information content (AvgIpc) is 2.74. The highest BCUT2D eigenvalue weighted by atomic mass is 19.4. The molecule has 1 aliphatic heterocycles. The van der Waals surface area contributed by atoms with Crippen molar-refractivity contribution in [2.24, 2.45) is 0 Å². The number of morpholine rings is 1. The van der Waals surface area contributed by atoms with Crippen molar-refractivity contribution in [1.29, 1.82) is 0 Å². The van der Waals surface area contributed by atoms with Crippen LogP contribution in [0.1, 0.15) is 25.2 Å². The SMILES string of the molecule is COc1ccccc1-c1c(C(F)(F)F)oc2c(CN3C[C@H](C)O[C@@H](C)C3)c(O)ccc2c1=O. The molecule has 0 radical (unpaired) electrons. The Morgan fingerprint density at radius 2 is 1.79 bits per heavy atom. The van der Waals surface area contributed by atoms with Gasteiger partial charge in [0, 0.05) is 25.2 Å². The number of aromatic hydroxyl groups is 1. The first-order chi connectivity index (χ1) is 15.6.